The number of rotatable bonds is 6. The largest absolute Gasteiger partial charge is 0.496 e. The van der Waals surface area contributed by atoms with Crippen LogP contribution in [0, 0.1) is 0 Å². The van der Waals surface area contributed by atoms with Gasteiger partial charge in [0.15, 0.2) is 0 Å². The van der Waals surface area contributed by atoms with E-state index in [-0.39, 0.29) is 18.0 Å². The van der Waals surface area contributed by atoms with Crippen molar-refractivity contribution in [3.63, 3.8) is 0 Å². The molecule has 0 radical (unpaired) electrons. The molecule has 1 aromatic heterocycles. The number of benzene rings is 1. The molecule has 0 bridgehead atoms. The topological polar surface area (TPSA) is 60.3 Å². The maximum atomic E-state index is 11.9. The van der Waals surface area contributed by atoms with E-state index in [9.17, 15) is 9.59 Å². The number of halogens is 1. The summed E-state index contributed by atoms with van der Waals surface area (Å²) in [6.07, 6.45) is 2.27. The molecule has 1 heterocycles. The lowest BCUT2D eigenvalue weighted by Gasteiger charge is -2.10. The average Bonchev–Trinajstić information content (AvgIpc) is 2.51. The van der Waals surface area contributed by atoms with Gasteiger partial charge in [-0.3, -0.25) is 9.59 Å². The van der Waals surface area contributed by atoms with Crippen LogP contribution in [0.4, 0.5) is 0 Å². The van der Waals surface area contributed by atoms with Crippen LogP contribution in [0.25, 0.3) is 0 Å². The van der Waals surface area contributed by atoms with Crippen molar-refractivity contribution < 1.29 is 9.53 Å². The van der Waals surface area contributed by atoms with Gasteiger partial charge in [0.2, 0.25) is 5.91 Å². The SMILES string of the molecule is COc1ccccc1CCNC(=O)Cn1cc(Br)ccc1=O. The van der Waals surface area contributed by atoms with Crippen molar-refractivity contribution in [2.45, 2.75) is 13.0 Å². The molecule has 1 amide bonds. The van der Waals surface area contributed by atoms with E-state index in [1.54, 1.807) is 19.4 Å². The molecular formula is C16H17BrN2O3. The van der Waals surface area contributed by atoms with Gasteiger partial charge in [0.25, 0.3) is 5.56 Å². The van der Waals surface area contributed by atoms with Gasteiger partial charge in [-0.1, -0.05) is 18.2 Å². The lowest BCUT2D eigenvalue weighted by Crippen LogP contribution is -2.33. The number of methoxy groups -OCH3 is 1. The van der Waals surface area contributed by atoms with E-state index in [1.165, 1.54) is 10.6 Å². The molecule has 5 nitrogen and oxygen atoms in total. The molecule has 1 aromatic carbocycles. The Labute approximate surface area is 137 Å². The highest BCUT2D eigenvalue weighted by Gasteiger charge is 2.06. The molecule has 0 unspecified atom stereocenters. The number of aromatic nitrogens is 1. The van der Waals surface area contributed by atoms with Crippen molar-refractivity contribution in [1.29, 1.82) is 0 Å². The summed E-state index contributed by atoms with van der Waals surface area (Å²) in [4.78, 5) is 23.5. The first-order valence-corrected chi connectivity index (χ1v) is 7.64. The molecule has 0 aliphatic heterocycles. The molecule has 2 aromatic rings. The highest BCUT2D eigenvalue weighted by Crippen LogP contribution is 2.17. The third-order valence-corrected chi connectivity index (χ3v) is 3.64. The molecule has 0 saturated carbocycles. The summed E-state index contributed by atoms with van der Waals surface area (Å²) < 4.78 is 7.39. The van der Waals surface area contributed by atoms with Crippen LogP contribution in [0.1, 0.15) is 5.56 Å². The van der Waals surface area contributed by atoms with Crippen molar-refractivity contribution >= 4 is 21.8 Å². The monoisotopic (exact) mass is 364 g/mol. The molecule has 22 heavy (non-hydrogen) atoms. The molecule has 2 rings (SSSR count). The number of carbonyl (C=O) groups is 1. The Morgan fingerprint density at radius 3 is 2.82 bits per heavy atom. The summed E-state index contributed by atoms with van der Waals surface area (Å²) in [7, 11) is 1.62. The van der Waals surface area contributed by atoms with E-state index < -0.39 is 0 Å². The van der Waals surface area contributed by atoms with E-state index >= 15 is 0 Å². The van der Waals surface area contributed by atoms with Crippen LogP contribution in [0.5, 0.6) is 5.75 Å². The lowest BCUT2D eigenvalue weighted by atomic mass is 10.1. The zero-order valence-corrected chi connectivity index (χ0v) is 13.8. The van der Waals surface area contributed by atoms with E-state index in [1.807, 2.05) is 24.3 Å². The molecule has 0 aliphatic rings. The van der Waals surface area contributed by atoms with Crippen molar-refractivity contribution in [1.82, 2.24) is 9.88 Å². The fraction of sp³-hybridized carbons (Fsp3) is 0.250. The van der Waals surface area contributed by atoms with Gasteiger partial charge in [0.05, 0.1) is 7.11 Å². The molecule has 1 N–H and O–H groups in total. The van der Waals surface area contributed by atoms with Crippen LogP contribution in [0.15, 0.2) is 51.9 Å². The Morgan fingerprint density at radius 2 is 2.05 bits per heavy atom. The molecule has 0 fully saturated rings. The second-order valence-electron chi connectivity index (χ2n) is 4.73. The summed E-state index contributed by atoms with van der Waals surface area (Å²) in [5.41, 5.74) is 0.827. The molecule has 0 saturated heterocycles. The van der Waals surface area contributed by atoms with Crippen molar-refractivity contribution in [2.24, 2.45) is 0 Å². The number of nitrogens with one attached hydrogen (secondary N) is 1. The van der Waals surface area contributed by atoms with Gasteiger partial charge in [0, 0.05) is 23.3 Å². The fourth-order valence-corrected chi connectivity index (χ4v) is 2.46. The van der Waals surface area contributed by atoms with Gasteiger partial charge < -0.3 is 14.6 Å². The minimum atomic E-state index is -0.205. The average molecular weight is 365 g/mol. The van der Waals surface area contributed by atoms with Gasteiger partial charge in [0.1, 0.15) is 12.3 Å². The van der Waals surface area contributed by atoms with Crippen LogP contribution in [-0.4, -0.2) is 24.1 Å². The van der Waals surface area contributed by atoms with E-state index in [0.29, 0.717) is 13.0 Å². The first-order valence-electron chi connectivity index (χ1n) is 6.85. The van der Waals surface area contributed by atoms with Gasteiger partial charge >= 0.3 is 0 Å². The third-order valence-electron chi connectivity index (χ3n) is 3.17. The van der Waals surface area contributed by atoms with Crippen molar-refractivity contribution in [3.8, 4) is 5.75 Å². The predicted octanol–water partition coefficient (Wildman–Crippen LogP) is 1.98. The second-order valence-corrected chi connectivity index (χ2v) is 5.64. The minimum Gasteiger partial charge on any atom is -0.496 e. The third kappa shape index (κ3) is 4.46. The van der Waals surface area contributed by atoms with Crippen LogP contribution >= 0.6 is 15.9 Å². The number of carbonyl (C=O) groups excluding carboxylic acids is 1. The molecule has 0 aliphatic carbocycles. The molecule has 116 valence electrons. The van der Waals surface area contributed by atoms with Crippen LogP contribution in [-0.2, 0) is 17.8 Å². The minimum absolute atomic E-state index is 0.00416. The van der Waals surface area contributed by atoms with Crippen LogP contribution in [0.3, 0.4) is 0 Å². The van der Waals surface area contributed by atoms with Gasteiger partial charge in [-0.25, -0.2) is 0 Å². The van der Waals surface area contributed by atoms with Gasteiger partial charge in [-0.15, -0.1) is 0 Å². The zero-order chi connectivity index (χ0) is 15.9. The summed E-state index contributed by atoms with van der Waals surface area (Å²) in [5.74, 6) is 0.607. The van der Waals surface area contributed by atoms with Crippen LogP contribution < -0.4 is 15.6 Å². The first kappa shape index (κ1) is 16.3. The summed E-state index contributed by atoms with van der Waals surface area (Å²) in [6, 6.07) is 10.8. The maximum absolute atomic E-state index is 11.9. The normalized spacial score (nSPS) is 10.3. The smallest absolute Gasteiger partial charge is 0.251 e. The second kappa shape index (κ2) is 7.79. The Hall–Kier alpha value is -2.08. The van der Waals surface area contributed by atoms with Gasteiger partial charge in [-0.05, 0) is 40.0 Å². The number of para-hydroxylation sites is 1. The number of hydrogen-bond donors (Lipinski definition) is 1. The van der Waals surface area contributed by atoms with E-state index in [2.05, 4.69) is 21.2 Å². The van der Waals surface area contributed by atoms with E-state index in [0.717, 1.165) is 15.8 Å². The predicted molar refractivity (Wildman–Crippen MR) is 88.1 cm³/mol. The molecule has 6 heteroatoms. The quantitative estimate of drug-likeness (QED) is 0.852. The highest BCUT2D eigenvalue weighted by molar-refractivity contribution is 9.10. The van der Waals surface area contributed by atoms with Gasteiger partial charge in [-0.2, -0.15) is 0 Å². The standard InChI is InChI=1S/C16H17BrN2O3/c1-22-14-5-3-2-4-12(14)8-9-18-15(20)11-19-10-13(17)6-7-16(19)21/h2-7,10H,8-9,11H2,1H3,(H,18,20). The van der Waals surface area contributed by atoms with Crippen molar-refractivity contribution in [3.05, 3.63) is 63.0 Å². The molecule has 0 atom stereocenters. The number of hydrogen-bond acceptors (Lipinski definition) is 3. The van der Waals surface area contributed by atoms with Crippen molar-refractivity contribution in [2.75, 3.05) is 13.7 Å². The van der Waals surface area contributed by atoms with Crippen LogP contribution in [0.2, 0.25) is 0 Å². The summed E-state index contributed by atoms with van der Waals surface area (Å²) in [6.45, 7) is 0.492. The Bertz CT molecular complexity index is 713. The van der Waals surface area contributed by atoms with E-state index in [4.69, 9.17) is 4.74 Å². The Kier molecular flexibility index (Phi) is 5.77. The fourth-order valence-electron chi connectivity index (χ4n) is 2.08. The summed E-state index contributed by atoms with van der Waals surface area (Å²) >= 11 is 3.28. The number of nitrogens with zero attached hydrogens (tertiary/aromatic N) is 1. The maximum Gasteiger partial charge on any atom is 0.251 e. The number of amides is 1. The first-order chi connectivity index (χ1) is 10.6. The summed E-state index contributed by atoms with van der Waals surface area (Å²) in [5, 5.41) is 2.81. The number of pyridine rings is 1. The molecular weight excluding hydrogens is 348 g/mol. The lowest BCUT2D eigenvalue weighted by molar-refractivity contribution is -0.121. The Morgan fingerprint density at radius 1 is 1.27 bits per heavy atom. The number of ether oxygens (including phenoxy) is 1. The Balaban J connectivity index is 1.88. The molecule has 0 spiro atoms. The zero-order valence-electron chi connectivity index (χ0n) is 12.2. The highest BCUT2D eigenvalue weighted by atomic mass is 79.9.